The van der Waals surface area contributed by atoms with Crippen molar-refractivity contribution in [2.24, 2.45) is 0 Å². The van der Waals surface area contributed by atoms with Crippen LogP contribution in [0.5, 0.6) is 5.75 Å². The Morgan fingerprint density at radius 1 is 1.40 bits per heavy atom. The second-order valence-corrected chi connectivity index (χ2v) is 5.12. The number of nitrogens with zero attached hydrogens (tertiary/aromatic N) is 2. The average Bonchev–Trinajstić information content (AvgIpc) is 2.97. The lowest BCUT2D eigenvalue weighted by atomic mass is 9.97. The molecule has 106 valence electrons. The minimum absolute atomic E-state index is 0.0555. The SMILES string of the molecule is CCCC(O)c1noc(C2COc3ccccc3C2)n1. The van der Waals surface area contributed by atoms with Gasteiger partial charge in [0.05, 0.1) is 5.92 Å². The van der Waals surface area contributed by atoms with Gasteiger partial charge in [-0.3, -0.25) is 0 Å². The Hall–Kier alpha value is -1.88. The van der Waals surface area contributed by atoms with Gasteiger partial charge < -0.3 is 14.4 Å². The Kier molecular flexibility index (Phi) is 3.69. The van der Waals surface area contributed by atoms with Gasteiger partial charge in [0, 0.05) is 0 Å². The van der Waals surface area contributed by atoms with Crippen LogP contribution in [0, 0.1) is 0 Å². The molecule has 0 radical (unpaired) electrons. The molecule has 3 rings (SSSR count). The van der Waals surface area contributed by atoms with Crippen molar-refractivity contribution in [3.8, 4) is 5.75 Å². The van der Waals surface area contributed by atoms with Crippen LogP contribution in [0.1, 0.15) is 49.1 Å². The van der Waals surface area contributed by atoms with Crippen LogP contribution < -0.4 is 4.74 Å². The molecule has 5 heteroatoms. The molecule has 2 heterocycles. The van der Waals surface area contributed by atoms with E-state index in [0.717, 1.165) is 24.2 Å². The number of benzene rings is 1. The number of aromatic nitrogens is 2. The highest BCUT2D eigenvalue weighted by Crippen LogP contribution is 2.31. The summed E-state index contributed by atoms with van der Waals surface area (Å²) in [4.78, 5) is 4.32. The first-order chi connectivity index (χ1) is 9.78. The van der Waals surface area contributed by atoms with Gasteiger partial charge in [0.15, 0.2) is 5.82 Å². The van der Waals surface area contributed by atoms with Gasteiger partial charge in [0.1, 0.15) is 18.5 Å². The van der Waals surface area contributed by atoms with Gasteiger partial charge >= 0.3 is 0 Å². The van der Waals surface area contributed by atoms with Crippen molar-refractivity contribution in [2.45, 2.75) is 38.2 Å². The topological polar surface area (TPSA) is 68.4 Å². The highest BCUT2D eigenvalue weighted by atomic mass is 16.5. The second kappa shape index (κ2) is 5.63. The van der Waals surface area contributed by atoms with Crippen molar-refractivity contribution in [2.75, 3.05) is 6.61 Å². The molecule has 1 N–H and O–H groups in total. The number of aliphatic hydroxyl groups is 1. The van der Waals surface area contributed by atoms with Crippen molar-refractivity contribution in [1.29, 1.82) is 0 Å². The van der Waals surface area contributed by atoms with Crippen molar-refractivity contribution in [3.63, 3.8) is 0 Å². The molecule has 2 aromatic rings. The zero-order valence-electron chi connectivity index (χ0n) is 11.5. The number of ether oxygens (including phenoxy) is 1. The fraction of sp³-hybridized carbons (Fsp3) is 0.467. The third-order valence-electron chi connectivity index (χ3n) is 3.55. The van der Waals surface area contributed by atoms with Gasteiger partial charge in [-0.1, -0.05) is 36.7 Å². The van der Waals surface area contributed by atoms with E-state index in [9.17, 15) is 5.11 Å². The molecule has 1 aromatic heterocycles. The molecule has 0 bridgehead atoms. The van der Waals surface area contributed by atoms with E-state index in [4.69, 9.17) is 9.26 Å². The molecule has 2 atom stereocenters. The van der Waals surface area contributed by atoms with Gasteiger partial charge in [-0.2, -0.15) is 4.98 Å². The van der Waals surface area contributed by atoms with Gasteiger partial charge in [0.25, 0.3) is 0 Å². The Balaban J connectivity index is 1.75. The van der Waals surface area contributed by atoms with E-state index >= 15 is 0 Å². The van der Waals surface area contributed by atoms with Gasteiger partial charge in [0.2, 0.25) is 5.89 Å². The molecule has 0 spiro atoms. The van der Waals surface area contributed by atoms with E-state index < -0.39 is 6.10 Å². The van der Waals surface area contributed by atoms with Crippen LogP contribution in [0.3, 0.4) is 0 Å². The van der Waals surface area contributed by atoms with E-state index in [1.165, 1.54) is 0 Å². The standard InChI is InChI=1S/C15H18N2O3/c1-2-5-12(18)14-16-15(20-17-14)11-8-10-6-3-4-7-13(10)19-9-11/h3-4,6-7,11-12,18H,2,5,8-9H2,1H3. The highest BCUT2D eigenvalue weighted by molar-refractivity contribution is 5.36. The summed E-state index contributed by atoms with van der Waals surface area (Å²) in [6.45, 7) is 2.54. The first kappa shape index (κ1) is 13.1. The highest BCUT2D eigenvalue weighted by Gasteiger charge is 2.27. The quantitative estimate of drug-likeness (QED) is 0.928. The van der Waals surface area contributed by atoms with Crippen LogP contribution in [0.15, 0.2) is 28.8 Å². The molecule has 1 aliphatic heterocycles. The summed E-state index contributed by atoms with van der Waals surface area (Å²) in [5.41, 5.74) is 1.15. The first-order valence-electron chi connectivity index (χ1n) is 7.00. The van der Waals surface area contributed by atoms with Crippen LogP contribution >= 0.6 is 0 Å². The van der Waals surface area contributed by atoms with Crippen LogP contribution in [0.2, 0.25) is 0 Å². The average molecular weight is 274 g/mol. The second-order valence-electron chi connectivity index (χ2n) is 5.12. The monoisotopic (exact) mass is 274 g/mol. The molecule has 1 aliphatic rings. The zero-order chi connectivity index (χ0) is 13.9. The normalized spacial score (nSPS) is 19.2. The summed E-state index contributed by atoms with van der Waals surface area (Å²) in [5.74, 6) is 1.90. The van der Waals surface area contributed by atoms with Crippen molar-refractivity contribution in [3.05, 3.63) is 41.5 Å². The molecule has 5 nitrogen and oxygen atoms in total. The maximum atomic E-state index is 9.87. The van der Waals surface area contributed by atoms with E-state index in [0.29, 0.717) is 24.7 Å². The molecular weight excluding hydrogens is 256 g/mol. The molecule has 0 saturated carbocycles. The van der Waals surface area contributed by atoms with E-state index in [-0.39, 0.29) is 5.92 Å². The maximum absolute atomic E-state index is 9.87. The number of rotatable bonds is 4. The fourth-order valence-electron chi connectivity index (χ4n) is 2.44. The van der Waals surface area contributed by atoms with Crippen molar-refractivity contribution >= 4 is 0 Å². The van der Waals surface area contributed by atoms with Crippen LogP contribution in [-0.4, -0.2) is 21.9 Å². The largest absolute Gasteiger partial charge is 0.492 e. The molecule has 0 fully saturated rings. The number of hydrogen-bond acceptors (Lipinski definition) is 5. The molecule has 0 saturated heterocycles. The van der Waals surface area contributed by atoms with Gasteiger partial charge in [-0.05, 0) is 24.5 Å². The Morgan fingerprint density at radius 2 is 2.25 bits per heavy atom. The molecule has 1 aromatic carbocycles. The van der Waals surface area contributed by atoms with E-state index in [1.54, 1.807) is 0 Å². The third-order valence-corrected chi connectivity index (χ3v) is 3.55. The molecular formula is C15H18N2O3. The molecule has 0 aliphatic carbocycles. The summed E-state index contributed by atoms with van der Waals surface area (Å²) in [6, 6.07) is 7.97. The van der Waals surface area contributed by atoms with Crippen molar-refractivity contribution < 1.29 is 14.4 Å². The molecule has 2 unspecified atom stereocenters. The number of aliphatic hydroxyl groups excluding tert-OH is 1. The van der Waals surface area contributed by atoms with Crippen LogP contribution in [0.25, 0.3) is 0 Å². The third kappa shape index (κ3) is 2.54. The lowest BCUT2D eigenvalue weighted by molar-refractivity contribution is 0.152. The molecule has 20 heavy (non-hydrogen) atoms. The predicted molar refractivity (Wildman–Crippen MR) is 72.5 cm³/mol. The predicted octanol–water partition coefficient (Wildman–Crippen LogP) is 2.62. The van der Waals surface area contributed by atoms with Crippen molar-refractivity contribution in [1.82, 2.24) is 10.1 Å². The first-order valence-corrected chi connectivity index (χ1v) is 7.00. The Labute approximate surface area is 117 Å². The van der Waals surface area contributed by atoms with E-state index in [2.05, 4.69) is 10.1 Å². The number of fused-ring (bicyclic) bond motifs is 1. The zero-order valence-corrected chi connectivity index (χ0v) is 11.5. The van der Waals surface area contributed by atoms with Gasteiger partial charge in [-0.15, -0.1) is 0 Å². The Bertz CT molecular complexity index is 582. The lowest BCUT2D eigenvalue weighted by Gasteiger charge is -2.22. The summed E-state index contributed by atoms with van der Waals surface area (Å²) in [7, 11) is 0. The minimum atomic E-state index is -0.644. The van der Waals surface area contributed by atoms with Crippen LogP contribution in [-0.2, 0) is 6.42 Å². The molecule has 0 amide bonds. The number of hydrogen-bond donors (Lipinski definition) is 1. The van der Waals surface area contributed by atoms with Crippen LogP contribution in [0.4, 0.5) is 0 Å². The number of para-hydroxylation sites is 1. The van der Waals surface area contributed by atoms with E-state index in [1.807, 2.05) is 31.2 Å². The van der Waals surface area contributed by atoms with Gasteiger partial charge in [-0.25, -0.2) is 0 Å². The fourth-order valence-corrected chi connectivity index (χ4v) is 2.44. The summed E-state index contributed by atoms with van der Waals surface area (Å²) in [6.07, 6.45) is 1.70. The minimum Gasteiger partial charge on any atom is -0.492 e. The smallest absolute Gasteiger partial charge is 0.233 e. The Morgan fingerprint density at radius 3 is 3.10 bits per heavy atom. The summed E-state index contributed by atoms with van der Waals surface area (Å²) in [5, 5.41) is 13.7. The lowest BCUT2D eigenvalue weighted by Crippen LogP contribution is -2.19. The summed E-state index contributed by atoms with van der Waals surface area (Å²) >= 11 is 0. The maximum Gasteiger partial charge on any atom is 0.233 e. The summed E-state index contributed by atoms with van der Waals surface area (Å²) < 4.78 is 11.0.